The average Bonchev–Trinajstić information content (AvgIpc) is 2.31. The van der Waals surface area contributed by atoms with Crippen molar-refractivity contribution in [3.63, 3.8) is 0 Å². The summed E-state index contributed by atoms with van der Waals surface area (Å²) < 4.78 is 6.63. The number of aliphatic hydroxyl groups is 1. The summed E-state index contributed by atoms with van der Waals surface area (Å²) in [5.74, 6) is 0.331. The van der Waals surface area contributed by atoms with Gasteiger partial charge in [0.05, 0.1) is 19.8 Å². The number of nitrogens with zero attached hydrogens (tertiary/aromatic N) is 2. The molecule has 0 amide bonds. The Kier molecular flexibility index (Phi) is 5.52. The van der Waals surface area contributed by atoms with Crippen molar-refractivity contribution >= 4 is 5.82 Å². The quantitative estimate of drug-likeness (QED) is 0.625. The number of nitrogens with one attached hydrogen (secondary N) is 1. The molecule has 16 heavy (non-hydrogen) atoms. The Morgan fingerprint density at radius 3 is 3.06 bits per heavy atom. The first-order valence-corrected chi connectivity index (χ1v) is 5.27. The summed E-state index contributed by atoms with van der Waals surface area (Å²) in [6.07, 6.45) is 3.23. The predicted octanol–water partition coefficient (Wildman–Crippen LogP) is -0.316. The Hall–Kier alpha value is -1.40. The molecule has 0 unspecified atom stereocenters. The topological polar surface area (TPSA) is 76.4 Å². The summed E-state index contributed by atoms with van der Waals surface area (Å²) in [5, 5.41) is 11.4. The number of aromatic nitrogens is 2. The highest BCUT2D eigenvalue weighted by Gasteiger charge is 2.01. The molecule has 90 valence electrons. The van der Waals surface area contributed by atoms with Crippen LogP contribution in [0, 0.1) is 0 Å². The van der Waals surface area contributed by atoms with Gasteiger partial charge in [-0.3, -0.25) is 4.79 Å². The molecule has 1 aromatic rings. The zero-order chi connectivity index (χ0) is 11.8. The SMILES string of the molecule is CCn1ccnc(NCCOCCO)c1=O. The van der Waals surface area contributed by atoms with E-state index in [1.165, 1.54) is 0 Å². The highest BCUT2D eigenvalue weighted by Crippen LogP contribution is 1.92. The van der Waals surface area contributed by atoms with E-state index in [1.807, 2.05) is 6.92 Å². The van der Waals surface area contributed by atoms with Gasteiger partial charge >= 0.3 is 0 Å². The minimum Gasteiger partial charge on any atom is -0.394 e. The highest BCUT2D eigenvalue weighted by atomic mass is 16.5. The molecule has 0 atom stereocenters. The fraction of sp³-hybridized carbons (Fsp3) is 0.600. The maximum Gasteiger partial charge on any atom is 0.293 e. The van der Waals surface area contributed by atoms with Crippen LogP contribution < -0.4 is 10.9 Å². The standard InChI is InChI=1S/C10H17N3O3/c1-2-13-5-3-11-9(10(13)15)12-4-7-16-8-6-14/h3,5,14H,2,4,6-8H2,1H3,(H,11,12). The number of hydrogen-bond acceptors (Lipinski definition) is 5. The molecule has 0 aliphatic heterocycles. The summed E-state index contributed by atoms with van der Waals surface area (Å²) >= 11 is 0. The van der Waals surface area contributed by atoms with Crippen LogP contribution in [0.25, 0.3) is 0 Å². The van der Waals surface area contributed by atoms with Crippen LogP contribution >= 0.6 is 0 Å². The van der Waals surface area contributed by atoms with Gasteiger partial charge in [-0.2, -0.15) is 0 Å². The molecule has 6 heteroatoms. The fourth-order valence-corrected chi connectivity index (χ4v) is 1.23. The monoisotopic (exact) mass is 227 g/mol. The zero-order valence-corrected chi connectivity index (χ0v) is 9.35. The third-order valence-corrected chi connectivity index (χ3v) is 2.03. The van der Waals surface area contributed by atoms with Crippen LogP contribution in [0.1, 0.15) is 6.92 Å². The second-order valence-electron chi connectivity index (χ2n) is 3.13. The van der Waals surface area contributed by atoms with Crippen molar-refractivity contribution in [3.05, 3.63) is 22.7 Å². The summed E-state index contributed by atoms with van der Waals surface area (Å²) in [7, 11) is 0. The van der Waals surface area contributed by atoms with Gasteiger partial charge in [-0.1, -0.05) is 0 Å². The van der Waals surface area contributed by atoms with E-state index in [2.05, 4.69) is 10.3 Å². The van der Waals surface area contributed by atoms with Gasteiger partial charge in [0.1, 0.15) is 0 Å². The summed E-state index contributed by atoms with van der Waals surface area (Å²) in [6.45, 7) is 3.76. The van der Waals surface area contributed by atoms with E-state index in [-0.39, 0.29) is 12.2 Å². The third kappa shape index (κ3) is 3.63. The highest BCUT2D eigenvalue weighted by molar-refractivity contribution is 5.30. The molecule has 1 rings (SSSR count). The number of aliphatic hydroxyl groups excluding tert-OH is 1. The lowest BCUT2D eigenvalue weighted by Crippen LogP contribution is -2.25. The Morgan fingerprint density at radius 2 is 2.38 bits per heavy atom. The van der Waals surface area contributed by atoms with Crippen LogP contribution in [0.3, 0.4) is 0 Å². The van der Waals surface area contributed by atoms with Crippen molar-refractivity contribution in [2.24, 2.45) is 0 Å². The van der Waals surface area contributed by atoms with E-state index in [0.29, 0.717) is 32.1 Å². The molecule has 0 spiro atoms. The smallest absolute Gasteiger partial charge is 0.293 e. The van der Waals surface area contributed by atoms with Gasteiger partial charge in [0.15, 0.2) is 5.82 Å². The summed E-state index contributed by atoms with van der Waals surface area (Å²) in [4.78, 5) is 15.6. The lowest BCUT2D eigenvalue weighted by atomic mass is 10.5. The van der Waals surface area contributed by atoms with Crippen LogP contribution in [0.5, 0.6) is 0 Å². The van der Waals surface area contributed by atoms with E-state index in [9.17, 15) is 4.79 Å². The Bertz CT molecular complexity index is 365. The second-order valence-corrected chi connectivity index (χ2v) is 3.13. The van der Waals surface area contributed by atoms with Gasteiger partial charge < -0.3 is 19.7 Å². The van der Waals surface area contributed by atoms with E-state index in [1.54, 1.807) is 17.0 Å². The summed E-state index contributed by atoms with van der Waals surface area (Å²) in [6, 6.07) is 0. The summed E-state index contributed by atoms with van der Waals surface area (Å²) in [5.41, 5.74) is -0.132. The molecule has 2 N–H and O–H groups in total. The molecule has 0 saturated carbocycles. The number of hydrogen-bond donors (Lipinski definition) is 2. The van der Waals surface area contributed by atoms with Crippen LogP contribution in [0.4, 0.5) is 5.82 Å². The van der Waals surface area contributed by atoms with Crippen LogP contribution in [-0.4, -0.2) is 41.0 Å². The maximum atomic E-state index is 11.7. The van der Waals surface area contributed by atoms with Gasteiger partial charge in [-0.25, -0.2) is 4.98 Å². The van der Waals surface area contributed by atoms with Crippen molar-refractivity contribution in [2.45, 2.75) is 13.5 Å². The van der Waals surface area contributed by atoms with E-state index in [4.69, 9.17) is 9.84 Å². The Morgan fingerprint density at radius 1 is 1.56 bits per heavy atom. The number of aryl methyl sites for hydroxylation is 1. The van der Waals surface area contributed by atoms with Crippen molar-refractivity contribution in [2.75, 3.05) is 31.7 Å². The van der Waals surface area contributed by atoms with Crippen molar-refractivity contribution in [1.29, 1.82) is 0 Å². The van der Waals surface area contributed by atoms with Crippen molar-refractivity contribution < 1.29 is 9.84 Å². The lowest BCUT2D eigenvalue weighted by Gasteiger charge is -2.07. The van der Waals surface area contributed by atoms with Crippen LogP contribution in [-0.2, 0) is 11.3 Å². The van der Waals surface area contributed by atoms with Gasteiger partial charge in [-0.15, -0.1) is 0 Å². The number of ether oxygens (including phenoxy) is 1. The predicted molar refractivity (Wildman–Crippen MR) is 60.6 cm³/mol. The fourth-order valence-electron chi connectivity index (χ4n) is 1.23. The van der Waals surface area contributed by atoms with Gasteiger partial charge in [0, 0.05) is 25.5 Å². The van der Waals surface area contributed by atoms with E-state index in [0.717, 1.165) is 0 Å². The average molecular weight is 227 g/mol. The molecular formula is C10H17N3O3. The van der Waals surface area contributed by atoms with Gasteiger partial charge in [-0.05, 0) is 6.92 Å². The lowest BCUT2D eigenvalue weighted by molar-refractivity contribution is 0.0991. The molecular weight excluding hydrogens is 210 g/mol. The molecule has 1 heterocycles. The molecule has 0 radical (unpaired) electrons. The maximum absolute atomic E-state index is 11.7. The van der Waals surface area contributed by atoms with Crippen molar-refractivity contribution in [1.82, 2.24) is 9.55 Å². The van der Waals surface area contributed by atoms with E-state index < -0.39 is 0 Å². The molecule has 6 nitrogen and oxygen atoms in total. The molecule has 0 fully saturated rings. The Labute approximate surface area is 93.9 Å². The minimum atomic E-state index is -0.132. The third-order valence-electron chi connectivity index (χ3n) is 2.03. The van der Waals surface area contributed by atoms with E-state index >= 15 is 0 Å². The number of rotatable bonds is 7. The first kappa shape index (κ1) is 12.7. The van der Waals surface area contributed by atoms with Gasteiger partial charge in [0.25, 0.3) is 5.56 Å². The molecule has 0 aromatic carbocycles. The Balaban J connectivity index is 2.45. The minimum absolute atomic E-state index is 0.00618. The molecule has 1 aromatic heterocycles. The second kappa shape index (κ2) is 6.97. The first-order chi connectivity index (χ1) is 7.79. The molecule has 0 saturated heterocycles. The molecule has 0 aliphatic carbocycles. The van der Waals surface area contributed by atoms with Crippen LogP contribution in [0.15, 0.2) is 17.2 Å². The largest absolute Gasteiger partial charge is 0.394 e. The molecule has 0 aliphatic rings. The zero-order valence-electron chi connectivity index (χ0n) is 9.35. The first-order valence-electron chi connectivity index (χ1n) is 5.27. The number of anilines is 1. The van der Waals surface area contributed by atoms with Crippen molar-refractivity contribution in [3.8, 4) is 0 Å². The normalized spacial score (nSPS) is 10.4. The molecule has 0 bridgehead atoms. The van der Waals surface area contributed by atoms with Gasteiger partial charge in [0.2, 0.25) is 0 Å². The van der Waals surface area contributed by atoms with Crippen LogP contribution in [0.2, 0.25) is 0 Å².